The molecule has 0 heterocycles. The summed E-state index contributed by atoms with van der Waals surface area (Å²) in [4.78, 5) is 12.2. The van der Waals surface area contributed by atoms with Crippen molar-refractivity contribution in [1.29, 1.82) is 0 Å². The van der Waals surface area contributed by atoms with Gasteiger partial charge in [-0.2, -0.15) is 0 Å². The number of carbonyl (C=O) groups excluding carboxylic acids is 1. The predicted molar refractivity (Wildman–Crippen MR) is 88.4 cm³/mol. The van der Waals surface area contributed by atoms with Crippen molar-refractivity contribution in [2.75, 3.05) is 5.32 Å². The van der Waals surface area contributed by atoms with Gasteiger partial charge in [0, 0.05) is 15.2 Å². The van der Waals surface area contributed by atoms with Gasteiger partial charge in [0.2, 0.25) is 5.91 Å². The van der Waals surface area contributed by atoms with Gasteiger partial charge >= 0.3 is 0 Å². The van der Waals surface area contributed by atoms with Gasteiger partial charge < -0.3 is 11.1 Å². The molecule has 1 aliphatic rings. The molecule has 21 heavy (non-hydrogen) atoms. The molecule has 2 aromatic rings. The third kappa shape index (κ3) is 2.54. The van der Waals surface area contributed by atoms with E-state index >= 15 is 0 Å². The number of hydrogen-bond donors (Lipinski definition) is 2. The molecule has 5 heteroatoms. The normalized spacial score (nSPS) is 20.1. The summed E-state index contributed by atoms with van der Waals surface area (Å²) in [5, 5.41) is 4.00. The summed E-state index contributed by atoms with van der Waals surface area (Å²) in [7, 11) is 0. The number of halogens is 2. The smallest absolute Gasteiger partial charge is 0.247 e. The summed E-state index contributed by atoms with van der Waals surface area (Å²) >= 11 is 9.47. The highest BCUT2D eigenvalue weighted by molar-refractivity contribution is 9.10. The highest BCUT2D eigenvalue weighted by Gasteiger charge is 2.44. The zero-order chi connectivity index (χ0) is 15.0. The summed E-state index contributed by atoms with van der Waals surface area (Å²) in [5.74, 6) is -0.372. The molecule has 2 aromatic carbocycles. The molecule has 1 amide bonds. The van der Waals surface area contributed by atoms with E-state index in [1.807, 2.05) is 36.4 Å². The van der Waals surface area contributed by atoms with E-state index in [2.05, 4.69) is 21.2 Å². The number of nitrogens with two attached hydrogens (primary N) is 1. The minimum Gasteiger partial charge on any atom is -0.368 e. The van der Waals surface area contributed by atoms with Gasteiger partial charge in [-0.1, -0.05) is 39.7 Å². The van der Waals surface area contributed by atoms with Crippen molar-refractivity contribution in [3.63, 3.8) is 0 Å². The van der Waals surface area contributed by atoms with Crippen molar-refractivity contribution < 1.29 is 4.79 Å². The van der Waals surface area contributed by atoms with E-state index in [0.29, 0.717) is 11.4 Å². The van der Waals surface area contributed by atoms with Gasteiger partial charge in [-0.05, 0) is 54.3 Å². The summed E-state index contributed by atoms with van der Waals surface area (Å²) in [6, 6.07) is 13.3. The number of nitrogens with one attached hydrogen (secondary N) is 1. The van der Waals surface area contributed by atoms with Gasteiger partial charge in [0.25, 0.3) is 0 Å². The standard InChI is InChI=1S/C16H14BrClN2O/c17-11-2-1-3-13(9-11)20-16(15(19)21)7-6-10-8-12(18)4-5-14(10)16/h1-5,8-9,20H,6-7H2,(H2,19,21). The topological polar surface area (TPSA) is 55.1 Å². The zero-order valence-electron chi connectivity index (χ0n) is 11.2. The molecule has 108 valence electrons. The monoisotopic (exact) mass is 364 g/mol. The lowest BCUT2D eigenvalue weighted by Gasteiger charge is -2.29. The van der Waals surface area contributed by atoms with E-state index in [1.165, 1.54) is 0 Å². The lowest BCUT2D eigenvalue weighted by molar-refractivity contribution is -0.122. The Morgan fingerprint density at radius 2 is 2.10 bits per heavy atom. The average molecular weight is 366 g/mol. The fourth-order valence-corrected chi connectivity index (χ4v) is 3.50. The first-order valence-corrected chi connectivity index (χ1v) is 7.81. The summed E-state index contributed by atoms with van der Waals surface area (Å²) in [6.07, 6.45) is 1.41. The third-order valence-electron chi connectivity index (χ3n) is 3.90. The number of amides is 1. The van der Waals surface area contributed by atoms with Crippen LogP contribution in [0.15, 0.2) is 46.9 Å². The number of fused-ring (bicyclic) bond motifs is 1. The number of primary amides is 1. The SMILES string of the molecule is NC(=O)C1(Nc2cccc(Br)c2)CCc2cc(Cl)ccc21. The molecule has 1 unspecified atom stereocenters. The van der Waals surface area contributed by atoms with Crippen LogP contribution in [0.25, 0.3) is 0 Å². The van der Waals surface area contributed by atoms with Crippen LogP contribution in [-0.4, -0.2) is 5.91 Å². The van der Waals surface area contributed by atoms with Crippen LogP contribution in [0.3, 0.4) is 0 Å². The lowest BCUT2D eigenvalue weighted by Crippen LogP contribution is -2.46. The first kappa shape index (κ1) is 14.4. The summed E-state index contributed by atoms with van der Waals surface area (Å²) in [5.41, 5.74) is 7.69. The Morgan fingerprint density at radius 1 is 1.29 bits per heavy atom. The van der Waals surface area contributed by atoms with Gasteiger partial charge in [-0.15, -0.1) is 0 Å². The number of aryl methyl sites for hydroxylation is 1. The molecule has 0 saturated heterocycles. The van der Waals surface area contributed by atoms with Crippen molar-refractivity contribution in [3.8, 4) is 0 Å². The summed E-state index contributed by atoms with van der Waals surface area (Å²) < 4.78 is 0.946. The largest absolute Gasteiger partial charge is 0.368 e. The molecule has 3 nitrogen and oxygen atoms in total. The Labute approximate surface area is 136 Å². The van der Waals surface area contributed by atoms with Gasteiger partial charge in [-0.25, -0.2) is 0 Å². The quantitative estimate of drug-likeness (QED) is 0.868. The maximum atomic E-state index is 12.2. The van der Waals surface area contributed by atoms with Gasteiger partial charge in [-0.3, -0.25) is 4.79 Å². The number of hydrogen-bond acceptors (Lipinski definition) is 2. The molecule has 3 rings (SSSR count). The van der Waals surface area contributed by atoms with Gasteiger partial charge in [0.15, 0.2) is 0 Å². The maximum absolute atomic E-state index is 12.2. The summed E-state index contributed by atoms with van der Waals surface area (Å²) in [6.45, 7) is 0. The van der Waals surface area contributed by atoms with Crippen LogP contribution in [0, 0.1) is 0 Å². The van der Waals surface area contributed by atoms with Crippen LogP contribution in [0.4, 0.5) is 5.69 Å². The highest BCUT2D eigenvalue weighted by Crippen LogP contribution is 2.40. The predicted octanol–water partition coefficient (Wildman–Crippen LogP) is 3.84. The van der Waals surface area contributed by atoms with E-state index in [1.54, 1.807) is 6.07 Å². The minimum atomic E-state index is -0.874. The first-order chi connectivity index (χ1) is 10.0. The van der Waals surface area contributed by atoms with Crippen LogP contribution in [0.2, 0.25) is 5.02 Å². The van der Waals surface area contributed by atoms with E-state index in [0.717, 1.165) is 27.7 Å². The second kappa shape index (κ2) is 5.35. The molecule has 0 aliphatic heterocycles. The second-order valence-electron chi connectivity index (χ2n) is 5.21. The fraction of sp³-hybridized carbons (Fsp3) is 0.188. The molecular weight excluding hydrogens is 352 g/mol. The van der Waals surface area contributed by atoms with E-state index in [4.69, 9.17) is 17.3 Å². The molecule has 1 atom stereocenters. The second-order valence-corrected chi connectivity index (χ2v) is 6.56. The number of benzene rings is 2. The maximum Gasteiger partial charge on any atom is 0.247 e. The van der Waals surface area contributed by atoms with Crippen LogP contribution in [0.1, 0.15) is 17.5 Å². The van der Waals surface area contributed by atoms with Crippen LogP contribution >= 0.6 is 27.5 Å². The molecule has 0 bridgehead atoms. The van der Waals surface area contributed by atoms with Gasteiger partial charge in [0.05, 0.1) is 0 Å². The van der Waals surface area contributed by atoms with Crippen molar-refractivity contribution in [2.45, 2.75) is 18.4 Å². The number of rotatable bonds is 3. The molecule has 0 spiro atoms. The molecule has 1 aliphatic carbocycles. The Balaban J connectivity index is 2.06. The van der Waals surface area contributed by atoms with E-state index < -0.39 is 5.54 Å². The highest BCUT2D eigenvalue weighted by atomic mass is 79.9. The molecule has 0 fully saturated rings. The van der Waals surface area contributed by atoms with Crippen LogP contribution in [0.5, 0.6) is 0 Å². The van der Waals surface area contributed by atoms with Crippen molar-refractivity contribution >= 4 is 39.1 Å². The molecule has 0 radical (unpaired) electrons. The lowest BCUT2D eigenvalue weighted by atomic mass is 9.90. The fourth-order valence-electron chi connectivity index (χ4n) is 2.90. The Kier molecular flexibility index (Phi) is 3.68. The number of anilines is 1. The van der Waals surface area contributed by atoms with E-state index in [-0.39, 0.29) is 5.91 Å². The minimum absolute atomic E-state index is 0.372. The van der Waals surface area contributed by atoms with Crippen LogP contribution < -0.4 is 11.1 Å². The molecular formula is C16H14BrClN2O. The first-order valence-electron chi connectivity index (χ1n) is 6.64. The molecule has 0 saturated carbocycles. The molecule has 3 N–H and O–H groups in total. The third-order valence-corrected chi connectivity index (χ3v) is 4.63. The van der Waals surface area contributed by atoms with Crippen LogP contribution in [-0.2, 0) is 16.8 Å². The van der Waals surface area contributed by atoms with Crippen molar-refractivity contribution in [3.05, 3.63) is 63.1 Å². The zero-order valence-corrected chi connectivity index (χ0v) is 13.5. The Morgan fingerprint density at radius 3 is 2.81 bits per heavy atom. The van der Waals surface area contributed by atoms with Crippen molar-refractivity contribution in [1.82, 2.24) is 0 Å². The van der Waals surface area contributed by atoms with Gasteiger partial charge in [0.1, 0.15) is 5.54 Å². The Hall–Kier alpha value is -1.52. The molecule has 0 aromatic heterocycles. The Bertz CT molecular complexity index is 719. The number of carbonyl (C=O) groups is 1. The van der Waals surface area contributed by atoms with E-state index in [9.17, 15) is 4.79 Å². The van der Waals surface area contributed by atoms with Crippen molar-refractivity contribution in [2.24, 2.45) is 5.73 Å². The average Bonchev–Trinajstić information content (AvgIpc) is 2.78.